The van der Waals surface area contributed by atoms with E-state index in [0.717, 1.165) is 18.0 Å². The van der Waals surface area contributed by atoms with Crippen LogP contribution in [-0.2, 0) is 0 Å². The van der Waals surface area contributed by atoms with E-state index in [1.54, 1.807) is 13.0 Å². The fourth-order valence-electron chi connectivity index (χ4n) is 2.54. The van der Waals surface area contributed by atoms with Gasteiger partial charge in [0, 0.05) is 37.2 Å². The third-order valence-electron chi connectivity index (χ3n) is 3.76. The lowest BCUT2D eigenvalue weighted by Gasteiger charge is -2.11. The molecule has 11 heteroatoms. The Morgan fingerprint density at radius 3 is 2.47 bits per heavy atom. The molecule has 0 aliphatic heterocycles. The van der Waals surface area contributed by atoms with Crippen molar-refractivity contribution in [1.29, 1.82) is 0 Å². The minimum atomic E-state index is -4.76. The molecule has 0 aliphatic carbocycles. The maximum Gasteiger partial charge on any atom is 0.573 e. The van der Waals surface area contributed by atoms with E-state index in [-0.39, 0.29) is 5.75 Å². The Morgan fingerprint density at radius 2 is 1.80 bits per heavy atom. The zero-order valence-electron chi connectivity index (χ0n) is 15.9. The molecule has 0 fully saturated rings. The van der Waals surface area contributed by atoms with Crippen LogP contribution in [0.15, 0.2) is 54.9 Å². The number of carbonyl (C=O) groups excluding carboxylic acids is 1. The van der Waals surface area contributed by atoms with Crippen LogP contribution in [0.4, 0.5) is 29.5 Å². The zero-order valence-corrected chi connectivity index (χ0v) is 15.9. The highest BCUT2D eigenvalue weighted by Gasteiger charge is 2.30. The Hall–Kier alpha value is -3.76. The van der Waals surface area contributed by atoms with Crippen molar-refractivity contribution < 1.29 is 22.7 Å². The smallest absolute Gasteiger partial charge is 0.406 e. The molecule has 2 aromatic heterocycles. The molecule has 0 atom stereocenters. The summed E-state index contributed by atoms with van der Waals surface area (Å²) in [7, 11) is 0. The highest BCUT2D eigenvalue weighted by molar-refractivity contribution is 5.89. The lowest BCUT2D eigenvalue weighted by molar-refractivity contribution is -0.274. The van der Waals surface area contributed by atoms with Crippen molar-refractivity contribution in [3.63, 3.8) is 0 Å². The first-order chi connectivity index (χ1) is 14.3. The molecular weight excluding hydrogens is 401 g/mol. The summed E-state index contributed by atoms with van der Waals surface area (Å²) >= 11 is 0. The summed E-state index contributed by atoms with van der Waals surface area (Å²) in [6.07, 6.45) is -1.01. The largest absolute Gasteiger partial charge is 0.573 e. The van der Waals surface area contributed by atoms with Gasteiger partial charge in [-0.25, -0.2) is 14.8 Å². The van der Waals surface area contributed by atoms with E-state index in [1.165, 1.54) is 12.1 Å². The molecule has 0 saturated heterocycles. The van der Waals surface area contributed by atoms with E-state index in [4.69, 9.17) is 0 Å². The second-order valence-corrected chi connectivity index (χ2v) is 6.13. The first-order valence-electron chi connectivity index (χ1n) is 8.92. The van der Waals surface area contributed by atoms with Gasteiger partial charge in [-0.3, -0.25) is 0 Å². The zero-order chi connectivity index (χ0) is 21.6. The molecule has 2 heterocycles. The summed E-state index contributed by atoms with van der Waals surface area (Å²) in [6.45, 7) is 2.49. The van der Waals surface area contributed by atoms with Crippen LogP contribution in [-0.4, -0.2) is 40.0 Å². The van der Waals surface area contributed by atoms with Gasteiger partial charge in [-0.05, 0) is 43.3 Å². The third kappa shape index (κ3) is 6.40. The molecule has 1 aromatic carbocycles. The molecule has 30 heavy (non-hydrogen) atoms. The molecular formula is C19H19F3N6O2. The minimum absolute atomic E-state index is 0.295. The van der Waals surface area contributed by atoms with Crippen LogP contribution in [0.25, 0.3) is 5.82 Å². The number of ether oxygens (including phenoxy) is 1. The van der Waals surface area contributed by atoms with Crippen molar-refractivity contribution in [2.75, 3.05) is 23.7 Å². The number of nitrogens with one attached hydrogen (secondary N) is 3. The lowest BCUT2D eigenvalue weighted by atomic mass is 10.3. The van der Waals surface area contributed by atoms with E-state index in [2.05, 4.69) is 30.7 Å². The van der Waals surface area contributed by atoms with Crippen molar-refractivity contribution in [2.24, 2.45) is 0 Å². The van der Waals surface area contributed by atoms with Crippen LogP contribution in [0.3, 0.4) is 0 Å². The normalized spacial score (nSPS) is 11.1. The Bertz CT molecular complexity index is 975. The van der Waals surface area contributed by atoms with E-state index in [1.807, 2.05) is 29.1 Å². The number of alkyl halides is 3. The van der Waals surface area contributed by atoms with Crippen LogP contribution in [0, 0.1) is 6.92 Å². The number of aryl methyl sites for hydroxylation is 1. The first-order valence-corrected chi connectivity index (χ1v) is 8.92. The number of urea groups is 1. The van der Waals surface area contributed by atoms with Crippen LogP contribution < -0.4 is 20.7 Å². The maximum atomic E-state index is 12.1. The summed E-state index contributed by atoms with van der Waals surface area (Å²) in [6, 6.07) is 9.94. The monoisotopic (exact) mass is 420 g/mol. The third-order valence-corrected chi connectivity index (χ3v) is 3.76. The molecule has 3 N–H and O–H groups in total. The fraction of sp³-hybridized carbons (Fsp3) is 0.211. The summed E-state index contributed by atoms with van der Waals surface area (Å²) in [5.74, 6) is 1.58. The van der Waals surface area contributed by atoms with Gasteiger partial charge < -0.3 is 25.3 Å². The average molecular weight is 420 g/mol. The van der Waals surface area contributed by atoms with E-state index >= 15 is 0 Å². The molecule has 8 nitrogen and oxygen atoms in total. The molecule has 0 radical (unpaired) electrons. The summed E-state index contributed by atoms with van der Waals surface area (Å²) < 4.78 is 42.1. The second kappa shape index (κ2) is 9.16. The number of carbonyl (C=O) groups is 1. The summed E-state index contributed by atoms with van der Waals surface area (Å²) in [5, 5.41) is 8.27. The van der Waals surface area contributed by atoms with E-state index in [0.29, 0.717) is 30.4 Å². The van der Waals surface area contributed by atoms with Gasteiger partial charge in [-0.2, -0.15) is 0 Å². The van der Waals surface area contributed by atoms with Gasteiger partial charge in [-0.1, -0.05) is 0 Å². The fourth-order valence-corrected chi connectivity index (χ4v) is 2.54. The average Bonchev–Trinajstić information content (AvgIpc) is 3.20. The highest BCUT2D eigenvalue weighted by atomic mass is 19.4. The summed E-state index contributed by atoms with van der Waals surface area (Å²) in [4.78, 5) is 20.6. The summed E-state index contributed by atoms with van der Waals surface area (Å²) in [5.41, 5.74) is 0.331. The molecule has 0 unspecified atom stereocenters. The number of amides is 2. The predicted octanol–water partition coefficient (Wildman–Crippen LogP) is 3.71. The quantitative estimate of drug-likeness (QED) is 0.507. The molecule has 3 rings (SSSR count). The number of benzene rings is 1. The molecule has 3 aromatic rings. The number of hydrogen-bond acceptors (Lipinski definition) is 5. The SMILES string of the molecule is Cc1nc(NCCNC(=O)Nc2ccc(OC(F)(F)F)cc2)cc(-n2cccc2)n1. The molecule has 2 amide bonds. The van der Waals surface area contributed by atoms with Crippen molar-refractivity contribution in [3.05, 3.63) is 60.7 Å². The molecule has 0 aliphatic rings. The highest BCUT2D eigenvalue weighted by Crippen LogP contribution is 2.23. The van der Waals surface area contributed by atoms with Crippen LogP contribution in [0.1, 0.15) is 5.82 Å². The molecule has 158 valence electrons. The molecule has 0 spiro atoms. The van der Waals surface area contributed by atoms with Gasteiger partial charge in [0.15, 0.2) is 0 Å². The Balaban J connectivity index is 1.44. The Morgan fingerprint density at radius 1 is 1.10 bits per heavy atom. The van der Waals surface area contributed by atoms with E-state index in [9.17, 15) is 18.0 Å². The predicted molar refractivity (Wildman–Crippen MR) is 105 cm³/mol. The number of rotatable bonds is 7. The van der Waals surface area contributed by atoms with Gasteiger partial charge in [0.2, 0.25) is 0 Å². The van der Waals surface area contributed by atoms with Crippen LogP contribution in [0.2, 0.25) is 0 Å². The van der Waals surface area contributed by atoms with Gasteiger partial charge in [0.25, 0.3) is 0 Å². The standard InChI is InChI=1S/C19H19F3N6O2/c1-13-25-16(12-17(26-13)28-10-2-3-11-28)23-8-9-24-18(29)27-14-4-6-15(7-5-14)30-19(20,21)22/h2-7,10-12H,8-9H2,1H3,(H,23,25,26)(H2,24,27,29). The molecule has 0 bridgehead atoms. The van der Waals surface area contributed by atoms with Crippen LogP contribution in [0.5, 0.6) is 5.75 Å². The molecule has 0 saturated carbocycles. The number of aromatic nitrogens is 3. The van der Waals surface area contributed by atoms with E-state index < -0.39 is 12.4 Å². The van der Waals surface area contributed by atoms with Crippen molar-refractivity contribution in [2.45, 2.75) is 13.3 Å². The van der Waals surface area contributed by atoms with Gasteiger partial charge in [-0.15, -0.1) is 13.2 Å². The Labute approximate surface area is 170 Å². The first kappa shape index (κ1) is 21.0. The number of nitrogens with zero attached hydrogens (tertiary/aromatic N) is 3. The lowest BCUT2D eigenvalue weighted by Crippen LogP contribution is -2.32. The van der Waals surface area contributed by atoms with Gasteiger partial charge >= 0.3 is 12.4 Å². The van der Waals surface area contributed by atoms with Crippen molar-refractivity contribution in [3.8, 4) is 11.6 Å². The van der Waals surface area contributed by atoms with Crippen molar-refractivity contribution in [1.82, 2.24) is 19.9 Å². The second-order valence-electron chi connectivity index (χ2n) is 6.13. The Kier molecular flexibility index (Phi) is 6.40. The van der Waals surface area contributed by atoms with Crippen molar-refractivity contribution >= 4 is 17.5 Å². The topological polar surface area (TPSA) is 93.1 Å². The van der Waals surface area contributed by atoms with Gasteiger partial charge in [0.05, 0.1) is 0 Å². The number of anilines is 2. The number of hydrogen-bond donors (Lipinski definition) is 3. The minimum Gasteiger partial charge on any atom is -0.406 e. The maximum absolute atomic E-state index is 12.1. The van der Waals surface area contributed by atoms with Gasteiger partial charge in [0.1, 0.15) is 23.2 Å². The number of halogens is 3. The van der Waals surface area contributed by atoms with Crippen LogP contribution >= 0.6 is 0 Å².